The Labute approximate surface area is 166 Å². The van der Waals surface area contributed by atoms with E-state index in [1.54, 1.807) is 6.20 Å². The number of rotatable bonds is 3. The Balaban J connectivity index is 1.74. The van der Waals surface area contributed by atoms with Crippen LogP contribution in [0.25, 0.3) is 22.1 Å². The van der Waals surface area contributed by atoms with E-state index in [2.05, 4.69) is 25.9 Å². The summed E-state index contributed by atoms with van der Waals surface area (Å²) < 4.78 is 30.7. The maximum Gasteiger partial charge on any atom is 0.248 e. The van der Waals surface area contributed by atoms with Crippen LogP contribution in [0.15, 0.2) is 39.7 Å². The molecule has 142 valence electrons. The number of hydrogen-bond donors (Lipinski definition) is 1. The van der Waals surface area contributed by atoms with Crippen molar-refractivity contribution in [3.05, 3.63) is 68.3 Å². The van der Waals surface area contributed by atoms with Crippen LogP contribution >= 0.6 is 15.9 Å². The molecule has 5 rings (SSSR count). The maximum absolute atomic E-state index is 14.2. The van der Waals surface area contributed by atoms with Gasteiger partial charge in [0.15, 0.2) is 17.3 Å². The number of pyridine rings is 2. The van der Waals surface area contributed by atoms with Crippen LogP contribution in [0.4, 0.5) is 8.78 Å². The summed E-state index contributed by atoms with van der Waals surface area (Å²) in [7, 11) is 0. The van der Waals surface area contributed by atoms with Crippen LogP contribution in [0.5, 0.6) is 0 Å². The first-order chi connectivity index (χ1) is 13.5. The van der Waals surface area contributed by atoms with Gasteiger partial charge in [0.2, 0.25) is 5.56 Å². The number of fused-ring (bicyclic) bond motifs is 2. The molecule has 0 amide bonds. The van der Waals surface area contributed by atoms with Crippen LogP contribution in [-0.2, 0) is 6.54 Å². The SMILES string of the molecule is O=c1cc(Cn2c(C3CCC3)nc3c(Br)ccnc32)c2ccc(F)c(F)c2[nH]1. The molecule has 0 bridgehead atoms. The van der Waals surface area contributed by atoms with E-state index in [4.69, 9.17) is 4.98 Å². The predicted molar refractivity (Wildman–Crippen MR) is 105 cm³/mol. The fraction of sp³-hybridized carbons (Fsp3) is 0.250. The van der Waals surface area contributed by atoms with E-state index in [1.807, 2.05) is 10.6 Å². The molecule has 0 spiro atoms. The molecule has 0 radical (unpaired) electrons. The van der Waals surface area contributed by atoms with Crippen molar-refractivity contribution in [3.8, 4) is 0 Å². The average molecular weight is 445 g/mol. The second-order valence-electron chi connectivity index (χ2n) is 7.09. The Morgan fingerprint density at radius 3 is 2.82 bits per heavy atom. The molecule has 28 heavy (non-hydrogen) atoms. The molecule has 1 aliphatic carbocycles. The summed E-state index contributed by atoms with van der Waals surface area (Å²) in [4.78, 5) is 23.8. The molecule has 5 nitrogen and oxygen atoms in total. The topological polar surface area (TPSA) is 63.6 Å². The van der Waals surface area contributed by atoms with Gasteiger partial charge in [-0.1, -0.05) is 6.42 Å². The van der Waals surface area contributed by atoms with Gasteiger partial charge in [-0.25, -0.2) is 18.7 Å². The highest BCUT2D eigenvalue weighted by atomic mass is 79.9. The average Bonchev–Trinajstić information content (AvgIpc) is 2.97. The number of aromatic amines is 1. The molecule has 3 aromatic heterocycles. The number of benzene rings is 1. The summed E-state index contributed by atoms with van der Waals surface area (Å²) >= 11 is 3.53. The fourth-order valence-corrected chi connectivity index (χ4v) is 4.16. The van der Waals surface area contributed by atoms with Gasteiger partial charge in [-0.3, -0.25) is 4.79 Å². The van der Waals surface area contributed by atoms with E-state index in [-0.39, 0.29) is 5.52 Å². The Kier molecular flexibility index (Phi) is 4.04. The standard InChI is InChI=1S/C20H15BrF2N4O/c21-13-6-7-24-20-18(13)26-19(10-2-1-3-10)27(20)9-11-8-15(28)25-17-12(11)4-5-14(22)16(17)23/h4-8,10H,1-3,9H2,(H,25,28). The van der Waals surface area contributed by atoms with Crippen molar-refractivity contribution < 1.29 is 8.78 Å². The zero-order valence-corrected chi connectivity index (χ0v) is 16.3. The van der Waals surface area contributed by atoms with Crippen LogP contribution in [0.3, 0.4) is 0 Å². The largest absolute Gasteiger partial charge is 0.319 e. The molecular formula is C20H15BrF2N4O. The van der Waals surface area contributed by atoms with Crippen LogP contribution in [0, 0.1) is 11.6 Å². The van der Waals surface area contributed by atoms with Crippen molar-refractivity contribution >= 4 is 38.0 Å². The number of imidazole rings is 1. The van der Waals surface area contributed by atoms with Crippen molar-refractivity contribution in [3.63, 3.8) is 0 Å². The van der Waals surface area contributed by atoms with E-state index in [1.165, 1.54) is 12.1 Å². The van der Waals surface area contributed by atoms with E-state index in [9.17, 15) is 13.6 Å². The van der Waals surface area contributed by atoms with Crippen molar-refractivity contribution in [2.75, 3.05) is 0 Å². The lowest BCUT2D eigenvalue weighted by molar-refractivity contribution is 0.391. The van der Waals surface area contributed by atoms with Gasteiger partial charge in [-0.15, -0.1) is 0 Å². The van der Waals surface area contributed by atoms with Gasteiger partial charge in [-0.05, 0) is 52.5 Å². The quantitative estimate of drug-likeness (QED) is 0.500. The number of hydrogen-bond acceptors (Lipinski definition) is 3. The smallest absolute Gasteiger partial charge is 0.248 e. The maximum atomic E-state index is 14.2. The Bertz CT molecular complexity index is 1290. The summed E-state index contributed by atoms with van der Waals surface area (Å²) in [6, 6.07) is 5.83. The molecule has 8 heteroatoms. The van der Waals surface area contributed by atoms with E-state index < -0.39 is 17.2 Å². The molecule has 0 saturated heterocycles. The van der Waals surface area contributed by atoms with E-state index >= 15 is 0 Å². The molecule has 4 aromatic rings. The third kappa shape index (κ3) is 2.66. The highest BCUT2D eigenvalue weighted by molar-refractivity contribution is 9.10. The van der Waals surface area contributed by atoms with Crippen LogP contribution < -0.4 is 5.56 Å². The molecular weight excluding hydrogens is 430 g/mol. The summed E-state index contributed by atoms with van der Waals surface area (Å²) in [6.45, 7) is 0.303. The number of halogens is 3. The van der Waals surface area contributed by atoms with Crippen molar-refractivity contribution in [2.24, 2.45) is 0 Å². The number of H-pyrrole nitrogens is 1. The number of aromatic nitrogens is 4. The summed E-state index contributed by atoms with van der Waals surface area (Å²) in [6.07, 6.45) is 4.95. The molecule has 1 aliphatic rings. The lowest BCUT2D eigenvalue weighted by atomic mass is 9.85. The lowest BCUT2D eigenvalue weighted by Crippen LogP contribution is -2.17. The molecule has 1 saturated carbocycles. The van der Waals surface area contributed by atoms with Crippen LogP contribution in [-0.4, -0.2) is 19.5 Å². The van der Waals surface area contributed by atoms with Crippen LogP contribution in [0.1, 0.15) is 36.6 Å². The first kappa shape index (κ1) is 17.5. The Morgan fingerprint density at radius 1 is 1.25 bits per heavy atom. The van der Waals surface area contributed by atoms with Gasteiger partial charge in [0.25, 0.3) is 0 Å². The zero-order chi connectivity index (χ0) is 19.4. The summed E-state index contributed by atoms with van der Waals surface area (Å²) in [5.74, 6) is -0.790. The van der Waals surface area contributed by atoms with Gasteiger partial charge < -0.3 is 9.55 Å². The summed E-state index contributed by atoms with van der Waals surface area (Å²) in [5, 5.41) is 0.468. The molecule has 0 aliphatic heterocycles. The second-order valence-corrected chi connectivity index (χ2v) is 7.95. The van der Waals surface area contributed by atoms with E-state index in [0.29, 0.717) is 29.1 Å². The second kappa shape index (κ2) is 6.48. The van der Waals surface area contributed by atoms with Crippen LogP contribution in [0.2, 0.25) is 0 Å². The third-order valence-electron chi connectivity index (χ3n) is 5.41. The monoisotopic (exact) mass is 444 g/mol. The number of nitrogens with one attached hydrogen (secondary N) is 1. The normalized spacial score (nSPS) is 14.7. The van der Waals surface area contributed by atoms with Gasteiger partial charge in [0.05, 0.1) is 12.1 Å². The minimum Gasteiger partial charge on any atom is -0.319 e. The lowest BCUT2D eigenvalue weighted by Gasteiger charge is -2.25. The van der Waals surface area contributed by atoms with Crippen molar-refractivity contribution in [2.45, 2.75) is 31.7 Å². The van der Waals surface area contributed by atoms with Crippen molar-refractivity contribution in [1.82, 2.24) is 19.5 Å². The van der Waals surface area contributed by atoms with Gasteiger partial charge in [0, 0.05) is 28.0 Å². The molecule has 1 N–H and O–H groups in total. The van der Waals surface area contributed by atoms with E-state index in [0.717, 1.165) is 41.1 Å². The van der Waals surface area contributed by atoms with Crippen molar-refractivity contribution in [1.29, 1.82) is 0 Å². The fourth-order valence-electron chi connectivity index (χ4n) is 3.78. The zero-order valence-electron chi connectivity index (χ0n) is 14.7. The highest BCUT2D eigenvalue weighted by Crippen LogP contribution is 2.38. The molecule has 3 heterocycles. The third-order valence-corrected chi connectivity index (χ3v) is 6.05. The molecule has 1 fully saturated rings. The number of nitrogens with zero attached hydrogens (tertiary/aromatic N) is 3. The molecule has 0 atom stereocenters. The first-order valence-corrected chi connectivity index (χ1v) is 9.83. The molecule has 0 unspecified atom stereocenters. The Hall–Kier alpha value is -2.61. The molecule has 1 aromatic carbocycles. The van der Waals surface area contributed by atoms with Gasteiger partial charge in [0.1, 0.15) is 11.3 Å². The predicted octanol–water partition coefficient (Wildman–Crippen LogP) is 4.63. The first-order valence-electron chi connectivity index (χ1n) is 9.03. The van der Waals surface area contributed by atoms with Gasteiger partial charge >= 0.3 is 0 Å². The van der Waals surface area contributed by atoms with Gasteiger partial charge in [-0.2, -0.15) is 0 Å². The highest BCUT2D eigenvalue weighted by Gasteiger charge is 2.27. The minimum atomic E-state index is -1.05. The summed E-state index contributed by atoms with van der Waals surface area (Å²) in [5.41, 5.74) is 1.46. The minimum absolute atomic E-state index is 0.119. The Morgan fingerprint density at radius 2 is 2.07 bits per heavy atom.